The van der Waals surface area contributed by atoms with E-state index in [0.717, 1.165) is 32.2 Å². The van der Waals surface area contributed by atoms with Gasteiger partial charge in [0, 0.05) is 25.2 Å². The first-order chi connectivity index (χ1) is 9.33. The Morgan fingerprint density at radius 2 is 2.00 bits per heavy atom. The van der Waals surface area contributed by atoms with Crippen molar-refractivity contribution in [3.63, 3.8) is 0 Å². The molecule has 1 unspecified atom stereocenters. The van der Waals surface area contributed by atoms with Crippen LogP contribution in [0.25, 0.3) is 0 Å². The quantitative estimate of drug-likeness (QED) is 0.683. The van der Waals surface area contributed by atoms with Gasteiger partial charge in [-0.1, -0.05) is 13.8 Å². The number of rotatable bonds is 8. The molecule has 0 aromatic heterocycles. The van der Waals surface area contributed by atoms with E-state index >= 15 is 0 Å². The van der Waals surface area contributed by atoms with E-state index < -0.39 is 10.0 Å². The summed E-state index contributed by atoms with van der Waals surface area (Å²) in [5.41, 5.74) is 0. The molecule has 120 valence electrons. The van der Waals surface area contributed by atoms with Crippen LogP contribution < -0.4 is 5.32 Å². The number of nitrogens with one attached hydrogen (secondary N) is 1. The van der Waals surface area contributed by atoms with Crippen molar-refractivity contribution in [3.8, 4) is 0 Å². The van der Waals surface area contributed by atoms with Crippen molar-refractivity contribution in [3.05, 3.63) is 0 Å². The van der Waals surface area contributed by atoms with Gasteiger partial charge in [-0.15, -0.1) is 0 Å². The zero-order chi connectivity index (χ0) is 15.2. The molecule has 0 bridgehead atoms. The molecule has 0 amide bonds. The van der Waals surface area contributed by atoms with Crippen LogP contribution in [-0.4, -0.2) is 69.2 Å². The minimum absolute atomic E-state index is 0.285. The van der Waals surface area contributed by atoms with Gasteiger partial charge >= 0.3 is 0 Å². The number of sulfonamides is 1. The molecule has 5 nitrogen and oxygen atoms in total. The molecule has 0 aromatic carbocycles. The Morgan fingerprint density at radius 1 is 1.30 bits per heavy atom. The second-order valence-electron chi connectivity index (χ2n) is 6.25. The molecule has 1 aliphatic heterocycles. The third kappa shape index (κ3) is 6.08. The van der Waals surface area contributed by atoms with E-state index in [1.165, 1.54) is 0 Å². The summed E-state index contributed by atoms with van der Waals surface area (Å²) in [7, 11) is 0.981. The lowest BCUT2D eigenvalue weighted by Gasteiger charge is -2.35. The summed E-state index contributed by atoms with van der Waals surface area (Å²) in [4.78, 5) is 2.13. The maximum atomic E-state index is 12.3. The molecule has 1 aliphatic rings. The maximum Gasteiger partial charge on any atom is 0.214 e. The summed E-state index contributed by atoms with van der Waals surface area (Å²) in [5, 5.41) is 3.32. The van der Waals surface area contributed by atoms with Crippen LogP contribution in [0.15, 0.2) is 0 Å². The zero-order valence-electron chi connectivity index (χ0n) is 13.4. The summed E-state index contributed by atoms with van der Waals surface area (Å²) < 4.78 is 26.4. The van der Waals surface area contributed by atoms with Gasteiger partial charge in [0.25, 0.3) is 0 Å². The fraction of sp³-hybridized carbons (Fsp3) is 1.00. The monoisotopic (exact) mass is 305 g/mol. The minimum atomic E-state index is -3.07. The van der Waals surface area contributed by atoms with Crippen LogP contribution in [0.2, 0.25) is 0 Å². The van der Waals surface area contributed by atoms with Crippen molar-refractivity contribution in [1.82, 2.24) is 14.5 Å². The summed E-state index contributed by atoms with van der Waals surface area (Å²) in [6.45, 7) is 6.45. The molecule has 1 atom stereocenters. The fourth-order valence-electron chi connectivity index (χ4n) is 2.52. The molecule has 6 heteroatoms. The molecule has 0 radical (unpaired) electrons. The zero-order valence-corrected chi connectivity index (χ0v) is 14.2. The molecule has 20 heavy (non-hydrogen) atoms. The van der Waals surface area contributed by atoms with E-state index in [2.05, 4.69) is 24.1 Å². The topological polar surface area (TPSA) is 52.7 Å². The van der Waals surface area contributed by atoms with Gasteiger partial charge in [-0.25, -0.2) is 12.7 Å². The summed E-state index contributed by atoms with van der Waals surface area (Å²) >= 11 is 0. The SMILES string of the molecule is CC(C)NCCCCS(=O)(=O)N1CCCC(N(C)C)C1. The first-order valence-electron chi connectivity index (χ1n) is 7.70. The molecule has 0 saturated carbocycles. The third-order valence-electron chi connectivity index (χ3n) is 3.86. The summed E-state index contributed by atoms with van der Waals surface area (Å²) in [6, 6.07) is 0.829. The van der Waals surface area contributed by atoms with Gasteiger partial charge in [-0.2, -0.15) is 0 Å². The number of hydrogen-bond donors (Lipinski definition) is 1. The van der Waals surface area contributed by atoms with Gasteiger partial charge in [-0.3, -0.25) is 0 Å². The Kier molecular flexibility index (Phi) is 7.43. The average Bonchev–Trinajstić information content (AvgIpc) is 2.38. The number of hydrogen-bond acceptors (Lipinski definition) is 4. The normalized spacial score (nSPS) is 21.8. The highest BCUT2D eigenvalue weighted by molar-refractivity contribution is 7.89. The molecule has 1 saturated heterocycles. The standard InChI is InChI=1S/C14H31N3O2S/c1-13(2)15-9-5-6-11-20(18,19)17-10-7-8-14(12-17)16(3)4/h13-15H,5-12H2,1-4H3. The van der Waals surface area contributed by atoms with Gasteiger partial charge in [-0.05, 0) is 46.3 Å². The average molecular weight is 305 g/mol. The molecule has 1 fully saturated rings. The van der Waals surface area contributed by atoms with Gasteiger partial charge < -0.3 is 10.2 Å². The van der Waals surface area contributed by atoms with E-state index in [-0.39, 0.29) is 5.75 Å². The third-order valence-corrected chi connectivity index (χ3v) is 5.79. The Balaban J connectivity index is 2.36. The van der Waals surface area contributed by atoms with Gasteiger partial charge in [0.05, 0.1) is 5.75 Å². The van der Waals surface area contributed by atoms with Gasteiger partial charge in [0.2, 0.25) is 10.0 Å². The largest absolute Gasteiger partial charge is 0.315 e. The first kappa shape index (κ1) is 17.9. The number of unbranched alkanes of at least 4 members (excludes halogenated alkanes) is 1. The maximum absolute atomic E-state index is 12.3. The van der Waals surface area contributed by atoms with E-state index in [1.807, 2.05) is 14.1 Å². The van der Waals surface area contributed by atoms with Crippen molar-refractivity contribution in [2.45, 2.75) is 51.6 Å². The van der Waals surface area contributed by atoms with Crippen molar-refractivity contribution in [1.29, 1.82) is 0 Å². The molecular weight excluding hydrogens is 274 g/mol. The van der Waals surface area contributed by atoms with Crippen LogP contribution in [0.4, 0.5) is 0 Å². The van der Waals surface area contributed by atoms with Gasteiger partial charge in [0.1, 0.15) is 0 Å². The van der Waals surface area contributed by atoms with Crippen molar-refractivity contribution in [2.75, 3.05) is 39.5 Å². The second-order valence-corrected chi connectivity index (χ2v) is 8.34. The van der Waals surface area contributed by atoms with Crippen molar-refractivity contribution >= 4 is 10.0 Å². The van der Waals surface area contributed by atoms with E-state index in [0.29, 0.717) is 25.2 Å². The molecule has 0 aromatic rings. The number of piperidine rings is 1. The predicted octanol–water partition coefficient (Wildman–Crippen LogP) is 1.12. The molecule has 0 spiro atoms. The molecular formula is C14H31N3O2S. The lowest BCUT2D eigenvalue weighted by atomic mass is 10.1. The smallest absolute Gasteiger partial charge is 0.214 e. The predicted molar refractivity (Wildman–Crippen MR) is 84.4 cm³/mol. The van der Waals surface area contributed by atoms with E-state index in [1.54, 1.807) is 4.31 Å². The van der Waals surface area contributed by atoms with Crippen molar-refractivity contribution < 1.29 is 8.42 Å². The Bertz CT molecular complexity index is 369. The Morgan fingerprint density at radius 3 is 2.60 bits per heavy atom. The minimum Gasteiger partial charge on any atom is -0.315 e. The first-order valence-corrected chi connectivity index (χ1v) is 9.31. The molecule has 1 N–H and O–H groups in total. The Hall–Kier alpha value is -0.170. The lowest BCUT2D eigenvalue weighted by Crippen LogP contribution is -2.48. The van der Waals surface area contributed by atoms with Crippen LogP contribution in [-0.2, 0) is 10.0 Å². The van der Waals surface area contributed by atoms with Crippen LogP contribution in [0.1, 0.15) is 39.5 Å². The van der Waals surface area contributed by atoms with Crippen LogP contribution in [0.5, 0.6) is 0 Å². The number of nitrogens with zero attached hydrogens (tertiary/aromatic N) is 2. The highest BCUT2D eigenvalue weighted by Crippen LogP contribution is 2.17. The Labute approximate surface area is 124 Å². The molecule has 0 aliphatic carbocycles. The molecule has 1 rings (SSSR count). The van der Waals surface area contributed by atoms with E-state index in [4.69, 9.17) is 0 Å². The summed E-state index contributed by atoms with van der Waals surface area (Å²) in [5.74, 6) is 0.285. The number of likely N-dealkylation sites (N-methyl/N-ethyl adjacent to an activating group) is 1. The van der Waals surface area contributed by atoms with E-state index in [9.17, 15) is 8.42 Å². The molecule has 1 heterocycles. The van der Waals surface area contributed by atoms with Crippen LogP contribution in [0.3, 0.4) is 0 Å². The fourth-order valence-corrected chi connectivity index (χ4v) is 4.16. The highest BCUT2D eigenvalue weighted by Gasteiger charge is 2.29. The van der Waals surface area contributed by atoms with Gasteiger partial charge in [0.15, 0.2) is 0 Å². The van der Waals surface area contributed by atoms with Crippen LogP contribution in [0, 0.1) is 0 Å². The van der Waals surface area contributed by atoms with Crippen molar-refractivity contribution in [2.24, 2.45) is 0 Å². The summed E-state index contributed by atoms with van der Waals surface area (Å²) in [6.07, 6.45) is 3.72. The highest BCUT2D eigenvalue weighted by atomic mass is 32.2. The van der Waals surface area contributed by atoms with Crippen LogP contribution >= 0.6 is 0 Å². The second kappa shape index (κ2) is 8.32. The lowest BCUT2D eigenvalue weighted by molar-refractivity contribution is 0.190.